The zero-order valence-corrected chi connectivity index (χ0v) is 15.0. The van der Waals surface area contributed by atoms with E-state index in [-0.39, 0.29) is 0 Å². The van der Waals surface area contributed by atoms with E-state index in [2.05, 4.69) is 53.3 Å². The first kappa shape index (κ1) is 17.8. The van der Waals surface area contributed by atoms with Crippen molar-refractivity contribution < 1.29 is 4.74 Å². The molecule has 23 heavy (non-hydrogen) atoms. The van der Waals surface area contributed by atoms with Crippen molar-refractivity contribution in [2.45, 2.75) is 39.8 Å². The number of methoxy groups -OCH3 is 1. The first-order valence-electron chi connectivity index (χ1n) is 8.65. The van der Waals surface area contributed by atoms with Gasteiger partial charge in [0.05, 0.1) is 6.61 Å². The number of ether oxygens (including phenoxy) is 1. The van der Waals surface area contributed by atoms with Crippen LogP contribution in [0.4, 0.5) is 0 Å². The maximum Gasteiger partial charge on any atom is 0.193 e. The Hall–Kier alpha value is -1.55. The van der Waals surface area contributed by atoms with E-state index in [4.69, 9.17) is 4.74 Å². The van der Waals surface area contributed by atoms with Crippen LogP contribution in [0.15, 0.2) is 29.3 Å². The van der Waals surface area contributed by atoms with Gasteiger partial charge in [-0.1, -0.05) is 38.1 Å². The Morgan fingerprint density at radius 1 is 1.35 bits per heavy atom. The average Bonchev–Trinajstić information content (AvgIpc) is 2.97. The molecule has 0 bridgehead atoms. The zero-order valence-electron chi connectivity index (χ0n) is 15.0. The summed E-state index contributed by atoms with van der Waals surface area (Å²) in [5.41, 5.74) is 2.51. The maximum absolute atomic E-state index is 5.28. The Morgan fingerprint density at radius 3 is 2.74 bits per heavy atom. The Kier molecular flexibility index (Phi) is 6.90. The summed E-state index contributed by atoms with van der Waals surface area (Å²) in [6.07, 6.45) is 2.59. The van der Waals surface area contributed by atoms with Gasteiger partial charge in [0.25, 0.3) is 0 Å². The topological polar surface area (TPSA) is 36.9 Å². The summed E-state index contributed by atoms with van der Waals surface area (Å²) < 4.78 is 5.28. The van der Waals surface area contributed by atoms with Crippen molar-refractivity contribution in [3.8, 4) is 0 Å². The zero-order chi connectivity index (χ0) is 16.7. The third-order valence-electron chi connectivity index (χ3n) is 4.46. The van der Waals surface area contributed by atoms with Crippen LogP contribution < -0.4 is 5.32 Å². The molecule has 1 aliphatic heterocycles. The molecule has 1 aromatic carbocycles. The van der Waals surface area contributed by atoms with E-state index in [9.17, 15) is 0 Å². The van der Waals surface area contributed by atoms with E-state index < -0.39 is 0 Å². The summed E-state index contributed by atoms with van der Waals surface area (Å²) in [6, 6.07) is 8.41. The molecule has 1 N–H and O–H groups in total. The highest BCUT2D eigenvalue weighted by molar-refractivity contribution is 5.80. The highest BCUT2D eigenvalue weighted by atomic mass is 16.5. The van der Waals surface area contributed by atoms with Crippen molar-refractivity contribution in [2.75, 3.05) is 27.2 Å². The SMILES string of the molecule is CN=C(NCc1ccccc1COC)N1CCC(CC(C)C)C1. The van der Waals surface area contributed by atoms with Crippen molar-refractivity contribution in [2.24, 2.45) is 16.8 Å². The van der Waals surface area contributed by atoms with Crippen molar-refractivity contribution in [1.29, 1.82) is 0 Å². The van der Waals surface area contributed by atoms with Gasteiger partial charge in [-0.2, -0.15) is 0 Å². The third-order valence-corrected chi connectivity index (χ3v) is 4.46. The molecular formula is C19H31N3O. The Labute approximate surface area is 140 Å². The van der Waals surface area contributed by atoms with Gasteiger partial charge >= 0.3 is 0 Å². The minimum atomic E-state index is 0.649. The lowest BCUT2D eigenvalue weighted by Gasteiger charge is -2.22. The molecule has 2 rings (SSSR count). The molecule has 1 unspecified atom stereocenters. The minimum absolute atomic E-state index is 0.649. The number of aliphatic imine (C=N–C) groups is 1. The fraction of sp³-hybridized carbons (Fsp3) is 0.632. The molecule has 1 aromatic rings. The van der Waals surface area contributed by atoms with Crippen molar-refractivity contribution in [1.82, 2.24) is 10.2 Å². The van der Waals surface area contributed by atoms with Gasteiger partial charge < -0.3 is 15.0 Å². The first-order valence-corrected chi connectivity index (χ1v) is 8.65. The molecule has 1 aliphatic rings. The Bertz CT molecular complexity index is 513. The van der Waals surface area contributed by atoms with Gasteiger partial charge in [-0.15, -0.1) is 0 Å². The van der Waals surface area contributed by atoms with Gasteiger partial charge in [0.15, 0.2) is 5.96 Å². The molecule has 1 fully saturated rings. The quantitative estimate of drug-likeness (QED) is 0.646. The smallest absolute Gasteiger partial charge is 0.193 e. The summed E-state index contributed by atoms with van der Waals surface area (Å²) in [5.74, 6) is 2.59. The van der Waals surface area contributed by atoms with Gasteiger partial charge in [-0.25, -0.2) is 0 Å². The highest BCUT2D eigenvalue weighted by Gasteiger charge is 2.25. The predicted molar refractivity (Wildman–Crippen MR) is 96.5 cm³/mol. The number of likely N-dealkylation sites (tertiary alicyclic amines) is 1. The van der Waals surface area contributed by atoms with Crippen LogP contribution in [0.25, 0.3) is 0 Å². The molecule has 4 nitrogen and oxygen atoms in total. The van der Waals surface area contributed by atoms with E-state index in [1.54, 1.807) is 7.11 Å². The van der Waals surface area contributed by atoms with E-state index in [0.29, 0.717) is 6.61 Å². The molecule has 0 saturated carbocycles. The van der Waals surface area contributed by atoms with Gasteiger partial charge in [0.1, 0.15) is 0 Å². The predicted octanol–water partition coefficient (Wildman–Crippen LogP) is 3.28. The number of guanidine groups is 1. The summed E-state index contributed by atoms with van der Waals surface area (Å²) in [5, 5.41) is 3.52. The Balaban J connectivity index is 1.91. The molecule has 0 amide bonds. The van der Waals surface area contributed by atoms with E-state index in [0.717, 1.165) is 37.4 Å². The van der Waals surface area contributed by atoms with Crippen LogP contribution in [-0.4, -0.2) is 38.1 Å². The summed E-state index contributed by atoms with van der Waals surface area (Å²) >= 11 is 0. The molecule has 1 heterocycles. The van der Waals surface area contributed by atoms with Crippen molar-refractivity contribution in [3.05, 3.63) is 35.4 Å². The van der Waals surface area contributed by atoms with E-state index in [1.165, 1.54) is 24.0 Å². The van der Waals surface area contributed by atoms with Crippen molar-refractivity contribution >= 4 is 5.96 Å². The summed E-state index contributed by atoms with van der Waals surface area (Å²) in [6.45, 7) is 8.29. The molecule has 1 saturated heterocycles. The largest absolute Gasteiger partial charge is 0.380 e. The lowest BCUT2D eigenvalue weighted by atomic mass is 9.97. The number of nitrogens with one attached hydrogen (secondary N) is 1. The second-order valence-electron chi connectivity index (χ2n) is 6.83. The number of rotatable bonds is 6. The minimum Gasteiger partial charge on any atom is -0.380 e. The first-order chi connectivity index (χ1) is 11.1. The van der Waals surface area contributed by atoms with Crippen LogP contribution in [0.5, 0.6) is 0 Å². The van der Waals surface area contributed by atoms with Crippen LogP contribution in [0.2, 0.25) is 0 Å². The molecular weight excluding hydrogens is 286 g/mol. The average molecular weight is 317 g/mol. The normalized spacial score (nSPS) is 18.7. The number of hydrogen-bond acceptors (Lipinski definition) is 2. The van der Waals surface area contributed by atoms with Crippen molar-refractivity contribution in [3.63, 3.8) is 0 Å². The number of benzene rings is 1. The van der Waals surface area contributed by atoms with Gasteiger partial charge in [-0.05, 0) is 35.8 Å². The van der Waals surface area contributed by atoms with Crippen LogP contribution in [-0.2, 0) is 17.9 Å². The summed E-state index contributed by atoms with van der Waals surface area (Å²) in [4.78, 5) is 6.87. The molecule has 0 spiro atoms. The molecule has 1 atom stereocenters. The number of hydrogen-bond donors (Lipinski definition) is 1. The fourth-order valence-corrected chi connectivity index (χ4v) is 3.42. The summed E-state index contributed by atoms with van der Waals surface area (Å²) in [7, 11) is 3.61. The standard InChI is InChI=1S/C19H31N3O/c1-15(2)11-16-9-10-22(13-16)19(20-3)21-12-17-7-5-6-8-18(17)14-23-4/h5-8,15-16H,9-14H2,1-4H3,(H,20,21). The van der Waals surface area contributed by atoms with Gasteiger partial charge in [0, 0.05) is 33.8 Å². The monoisotopic (exact) mass is 317 g/mol. The van der Waals surface area contributed by atoms with Crippen LogP contribution >= 0.6 is 0 Å². The lowest BCUT2D eigenvalue weighted by Crippen LogP contribution is -2.39. The highest BCUT2D eigenvalue weighted by Crippen LogP contribution is 2.23. The third kappa shape index (κ3) is 5.24. The lowest BCUT2D eigenvalue weighted by molar-refractivity contribution is 0.184. The molecule has 4 heteroatoms. The van der Waals surface area contributed by atoms with Crippen LogP contribution in [0.3, 0.4) is 0 Å². The van der Waals surface area contributed by atoms with Crippen LogP contribution in [0, 0.1) is 11.8 Å². The second-order valence-corrected chi connectivity index (χ2v) is 6.83. The van der Waals surface area contributed by atoms with E-state index in [1.807, 2.05) is 7.05 Å². The molecule has 0 aliphatic carbocycles. The van der Waals surface area contributed by atoms with Gasteiger partial charge in [-0.3, -0.25) is 4.99 Å². The maximum atomic E-state index is 5.28. The second kappa shape index (κ2) is 8.92. The van der Waals surface area contributed by atoms with Crippen LogP contribution in [0.1, 0.15) is 37.8 Å². The Morgan fingerprint density at radius 2 is 2.09 bits per heavy atom. The fourth-order valence-electron chi connectivity index (χ4n) is 3.42. The molecule has 128 valence electrons. The van der Waals surface area contributed by atoms with Gasteiger partial charge in [0.2, 0.25) is 0 Å². The van der Waals surface area contributed by atoms with E-state index >= 15 is 0 Å². The molecule has 0 aromatic heterocycles. The molecule has 0 radical (unpaired) electrons. The number of nitrogens with zero attached hydrogens (tertiary/aromatic N) is 2.